The number of hydrogen-bond acceptors (Lipinski definition) is 3. The van der Waals surface area contributed by atoms with Crippen molar-refractivity contribution in [3.05, 3.63) is 77.9 Å². The minimum Gasteiger partial charge on any atom is -0.493 e. The number of nitrogens with one attached hydrogen (secondary N) is 2. The van der Waals surface area contributed by atoms with Gasteiger partial charge in [0, 0.05) is 16.8 Å². The summed E-state index contributed by atoms with van der Waals surface area (Å²) in [6.07, 6.45) is 0. The summed E-state index contributed by atoms with van der Waals surface area (Å²) in [4.78, 5) is 20.7. The summed E-state index contributed by atoms with van der Waals surface area (Å²) in [5.41, 5.74) is 5.15. The van der Waals surface area contributed by atoms with Crippen molar-refractivity contribution in [1.29, 1.82) is 0 Å². The van der Waals surface area contributed by atoms with E-state index in [0.717, 1.165) is 39.4 Å². The van der Waals surface area contributed by atoms with Crippen LogP contribution in [-0.2, 0) is 0 Å². The number of nitrogens with zero attached hydrogens (tertiary/aromatic N) is 1. The zero-order valence-electron chi connectivity index (χ0n) is 17.4. The molecule has 0 spiro atoms. The largest absolute Gasteiger partial charge is 0.493 e. The third kappa shape index (κ3) is 4.35. The SMILES string of the molecule is Cc1ccc(-c2nc3ccccc3[nH]2)cc1NC(=O)c1ccc(OCC(C)C)cc1. The maximum absolute atomic E-state index is 12.8. The lowest BCUT2D eigenvalue weighted by Gasteiger charge is -2.11. The molecule has 4 aromatic rings. The van der Waals surface area contributed by atoms with Crippen molar-refractivity contribution >= 4 is 22.6 Å². The lowest BCUT2D eigenvalue weighted by atomic mass is 10.1. The zero-order valence-corrected chi connectivity index (χ0v) is 17.4. The van der Waals surface area contributed by atoms with Gasteiger partial charge in [-0.1, -0.05) is 38.1 Å². The van der Waals surface area contributed by atoms with Gasteiger partial charge in [0.1, 0.15) is 11.6 Å². The van der Waals surface area contributed by atoms with Gasteiger partial charge in [0.05, 0.1) is 17.6 Å². The van der Waals surface area contributed by atoms with Crippen molar-refractivity contribution in [2.45, 2.75) is 20.8 Å². The van der Waals surface area contributed by atoms with Crippen LogP contribution in [0.4, 0.5) is 5.69 Å². The predicted octanol–water partition coefficient (Wildman–Crippen LogP) is 5.83. The number of ether oxygens (including phenoxy) is 1. The minimum atomic E-state index is -0.157. The van der Waals surface area contributed by atoms with Crippen LogP contribution in [0.2, 0.25) is 0 Å². The van der Waals surface area contributed by atoms with Gasteiger partial charge in [0.15, 0.2) is 0 Å². The van der Waals surface area contributed by atoms with E-state index in [1.54, 1.807) is 12.1 Å². The fourth-order valence-electron chi connectivity index (χ4n) is 3.15. The van der Waals surface area contributed by atoms with Crippen molar-refractivity contribution < 1.29 is 9.53 Å². The number of carbonyl (C=O) groups is 1. The number of aryl methyl sites for hydroxylation is 1. The first kappa shape index (κ1) is 19.7. The molecule has 0 bridgehead atoms. The van der Waals surface area contributed by atoms with Crippen LogP contribution in [0.15, 0.2) is 66.7 Å². The van der Waals surface area contributed by atoms with Crippen LogP contribution in [0.3, 0.4) is 0 Å². The number of anilines is 1. The van der Waals surface area contributed by atoms with Crippen molar-refractivity contribution in [3.8, 4) is 17.1 Å². The molecule has 0 atom stereocenters. The molecule has 0 radical (unpaired) electrons. The number of carbonyl (C=O) groups excluding carboxylic acids is 1. The summed E-state index contributed by atoms with van der Waals surface area (Å²) >= 11 is 0. The van der Waals surface area contributed by atoms with Crippen molar-refractivity contribution in [2.75, 3.05) is 11.9 Å². The fourth-order valence-corrected chi connectivity index (χ4v) is 3.15. The van der Waals surface area contributed by atoms with Gasteiger partial charge in [-0.25, -0.2) is 4.98 Å². The first-order valence-electron chi connectivity index (χ1n) is 10.1. The maximum atomic E-state index is 12.8. The molecule has 0 saturated carbocycles. The molecular formula is C25H25N3O2. The molecule has 3 aromatic carbocycles. The second kappa shape index (κ2) is 8.41. The van der Waals surface area contributed by atoms with E-state index in [-0.39, 0.29) is 5.91 Å². The third-order valence-electron chi connectivity index (χ3n) is 4.85. The molecule has 1 heterocycles. The third-order valence-corrected chi connectivity index (χ3v) is 4.85. The smallest absolute Gasteiger partial charge is 0.255 e. The molecule has 0 aliphatic carbocycles. The zero-order chi connectivity index (χ0) is 21.1. The number of rotatable bonds is 6. The lowest BCUT2D eigenvalue weighted by Crippen LogP contribution is -2.13. The van der Waals surface area contributed by atoms with Gasteiger partial charge in [0.2, 0.25) is 0 Å². The molecule has 30 heavy (non-hydrogen) atoms. The summed E-state index contributed by atoms with van der Waals surface area (Å²) in [5.74, 6) is 1.84. The van der Waals surface area contributed by atoms with Crippen molar-refractivity contribution in [1.82, 2.24) is 9.97 Å². The highest BCUT2D eigenvalue weighted by Gasteiger charge is 2.11. The molecule has 0 aliphatic heterocycles. The summed E-state index contributed by atoms with van der Waals surface area (Å²) in [5, 5.41) is 3.02. The van der Waals surface area contributed by atoms with Gasteiger partial charge >= 0.3 is 0 Å². The second-order valence-corrected chi connectivity index (χ2v) is 7.82. The van der Waals surface area contributed by atoms with E-state index in [1.165, 1.54) is 0 Å². The van der Waals surface area contributed by atoms with Crippen LogP contribution < -0.4 is 10.1 Å². The number of aromatic nitrogens is 2. The van der Waals surface area contributed by atoms with Crippen LogP contribution in [-0.4, -0.2) is 22.5 Å². The van der Waals surface area contributed by atoms with Crippen LogP contribution >= 0.6 is 0 Å². The highest BCUT2D eigenvalue weighted by Crippen LogP contribution is 2.26. The molecule has 5 nitrogen and oxygen atoms in total. The van der Waals surface area contributed by atoms with E-state index in [4.69, 9.17) is 4.74 Å². The Balaban J connectivity index is 1.52. The number of fused-ring (bicyclic) bond motifs is 1. The molecule has 5 heteroatoms. The summed E-state index contributed by atoms with van der Waals surface area (Å²) in [7, 11) is 0. The molecule has 0 unspecified atom stereocenters. The fraction of sp³-hybridized carbons (Fsp3) is 0.200. The summed E-state index contributed by atoms with van der Waals surface area (Å²) in [6, 6.07) is 21.1. The molecule has 4 rings (SSSR count). The normalized spacial score (nSPS) is 11.1. The van der Waals surface area contributed by atoms with E-state index >= 15 is 0 Å². The molecular weight excluding hydrogens is 374 g/mol. The standard InChI is InChI=1S/C25H25N3O2/c1-16(2)15-30-20-12-10-18(11-13-20)25(29)28-23-14-19(9-8-17(23)3)24-26-21-6-4-5-7-22(21)27-24/h4-14,16H,15H2,1-3H3,(H,26,27)(H,28,29). The Labute approximate surface area is 176 Å². The van der Waals surface area contributed by atoms with Crippen molar-refractivity contribution in [3.63, 3.8) is 0 Å². The molecule has 1 amide bonds. The Morgan fingerprint density at radius 2 is 1.83 bits per heavy atom. The van der Waals surface area contributed by atoms with E-state index in [0.29, 0.717) is 18.1 Å². The summed E-state index contributed by atoms with van der Waals surface area (Å²) < 4.78 is 5.69. The number of amides is 1. The molecule has 0 fully saturated rings. The van der Waals surface area contributed by atoms with Crippen LogP contribution in [0.1, 0.15) is 29.8 Å². The van der Waals surface area contributed by atoms with Gasteiger partial charge in [0.25, 0.3) is 5.91 Å². The molecule has 0 aliphatic rings. The average molecular weight is 399 g/mol. The average Bonchev–Trinajstić information content (AvgIpc) is 3.18. The van der Waals surface area contributed by atoms with Gasteiger partial charge in [-0.3, -0.25) is 4.79 Å². The molecule has 0 saturated heterocycles. The lowest BCUT2D eigenvalue weighted by molar-refractivity contribution is 0.102. The van der Waals surface area contributed by atoms with E-state index in [1.807, 2.05) is 61.5 Å². The second-order valence-electron chi connectivity index (χ2n) is 7.82. The highest BCUT2D eigenvalue weighted by molar-refractivity contribution is 6.05. The Morgan fingerprint density at radius 3 is 2.57 bits per heavy atom. The van der Waals surface area contributed by atoms with Crippen LogP contribution in [0, 0.1) is 12.8 Å². The highest BCUT2D eigenvalue weighted by atomic mass is 16.5. The van der Waals surface area contributed by atoms with Gasteiger partial charge in [-0.2, -0.15) is 0 Å². The number of benzene rings is 3. The van der Waals surface area contributed by atoms with Gasteiger partial charge in [-0.15, -0.1) is 0 Å². The molecule has 152 valence electrons. The van der Waals surface area contributed by atoms with E-state index in [9.17, 15) is 4.79 Å². The Hall–Kier alpha value is -3.60. The Bertz CT molecular complexity index is 1140. The van der Waals surface area contributed by atoms with E-state index in [2.05, 4.69) is 29.1 Å². The monoisotopic (exact) mass is 399 g/mol. The maximum Gasteiger partial charge on any atom is 0.255 e. The number of imidazole rings is 1. The first-order valence-corrected chi connectivity index (χ1v) is 10.1. The predicted molar refractivity (Wildman–Crippen MR) is 121 cm³/mol. The number of aromatic amines is 1. The van der Waals surface area contributed by atoms with Gasteiger partial charge in [-0.05, 0) is 60.9 Å². The van der Waals surface area contributed by atoms with E-state index < -0.39 is 0 Å². The topological polar surface area (TPSA) is 67.0 Å². The van der Waals surface area contributed by atoms with Crippen LogP contribution in [0.5, 0.6) is 5.75 Å². The minimum absolute atomic E-state index is 0.157. The number of para-hydroxylation sites is 2. The quantitative estimate of drug-likeness (QED) is 0.429. The van der Waals surface area contributed by atoms with Gasteiger partial charge < -0.3 is 15.0 Å². The number of H-pyrrole nitrogens is 1. The molecule has 1 aromatic heterocycles. The first-order chi connectivity index (χ1) is 14.5. The summed E-state index contributed by atoms with van der Waals surface area (Å²) in [6.45, 7) is 6.83. The van der Waals surface area contributed by atoms with Crippen molar-refractivity contribution in [2.24, 2.45) is 5.92 Å². The number of hydrogen-bond donors (Lipinski definition) is 2. The Kier molecular flexibility index (Phi) is 5.53. The Morgan fingerprint density at radius 1 is 1.07 bits per heavy atom. The van der Waals surface area contributed by atoms with Crippen LogP contribution in [0.25, 0.3) is 22.4 Å². The molecule has 2 N–H and O–H groups in total.